The summed E-state index contributed by atoms with van der Waals surface area (Å²) in [5, 5.41) is 12.3. The maximum Gasteiger partial charge on any atom is 0.193 e. The number of benzene rings is 1. The van der Waals surface area contributed by atoms with E-state index in [9.17, 15) is 0 Å². The quantitative estimate of drug-likeness (QED) is 0.262. The first-order chi connectivity index (χ1) is 12.1. The predicted octanol–water partition coefficient (Wildman–Crippen LogP) is 4.45. The lowest BCUT2D eigenvalue weighted by Gasteiger charge is -2.35. The Kier molecular flexibility index (Phi) is 7.73. The van der Waals surface area contributed by atoms with E-state index >= 15 is 0 Å². The van der Waals surface area contributed by atoms with Crippen molar-refractivity contribution in [3.63, 3.8) is 0 Å². The van der Waals surface area contributed by atoms with Crippen LogP contribution in [0.5, 0.6) is 11.5 Å². The summed E-state index contributed by atoms with van der Waals surface area (Å²) in [5.41, 5.74) is 2.21. The maximum atomic E-state index is 9.03. The third-order valence-electron chi connectivity index (χ3n) is 4.88. The topological polar surface area (TPSA) is 60.3 Å². The standard InChI is InChI=1S/C20H31NO4Si/c1-9-15-13-18(23-5)17(14-21-22)16(19(15)24-6)11-10-12-25-26(7,8)20(2,3)4/h13-14,22H,9,12H2,1-8H3/b21-14+. The van der Waals surface area contributed by atoms with Crippen LogP contribution in [-0.2, 0) is 10.8 Å². The lowest BCUT2D eigenvalue weighted by Crippen LogP contribution is -2.40. The van der Waals surface area contributed by atoms with Gasteiger partial charge in [-0.25, -0.2) is 0 Å². The third kappa shape index (κ3) is 5.02. The molecule has 0 bridgehead atoms. The molecule has 1 aromatic carbocycles. The van der Waals surface area contributed by atoms with E-state index in [0.717, 1.165) is 12.0 Å². The molecule has 1 aromatic rings. The molecule has 0 radical (unpaired) electrons. The van der Waals surface area contributed by atoms with Gasteiger partial charge in [-0.05, 0) is 36.2 Å². The second-order valence-electron chi connectivity index (χ2n) is 7.51. The van der Waals surface area contributed by atoms with Crippen LogP contribution >= 0.6 is 0 Å². The van der Waals surface area contributed by atoms with E-state index in [1.54, 1.807) is 14.2 Å². The van der Waals surface area contributed by atoms with Gasteiger partial charge in [0.15, 0.2) is 8.32 Å². The van der Waals surface area contributed by atoms with E-state index in [1.165, 1.54) is 6.21 Å². The Morgan fingerprint density at radius 2 is 1.88 bits per heavy atom. The highest BCUT2D eigenvalue weighted by Crippen LogP contribution is 2.36. The van der Waals surface area contributed by atoms with Gasteiger partial charge in [0.25, 0.3) is 0 Å². The molecule has 0 unspecified atom stereocenters. The lowest BCUT2D eigenvalue weighted by atomic mass is 10.00. The van der Waals surface area contributed by atoms with Gasteiger partial charge in [0.2, 0.25) is 0 Å². The van der Waals surface area contributed by atoms with Crippen LogP contribution in [0.1, 0.15) is 44.4 Å². The van der Waals surface area contributed by atoms with Gasteiger partial charge in [0.05, 0.1) is 38.2 Å². The molecule has 0 saturated carbocycles. The Morgan fingerprint density at radius 1 is 1.23 bits per heavy atom. The number of hydrogen-bond acceptors (Lipinski definition) is 5. The summed E-state index contributed by atoms with van der Waals surface area (Å²) < 4.78 is 17.1. The van der Waals surface area contributed by atoms with Crippen molar-refractivity contribution < 1.29 is 19.1 Å². The summed E-state index contributed by atoms with van der Waals surface area (Å²) in [7, 11) is 1.33. The molecule has 0 aliphatic rings. The van der Waals surface area contributed by atoms with E-state index in [0.29, 0.717) is 29.2 Å². The molecule has 26 heavy (non-hydrogen) atoms. The van der Waals surface area contributed by atoms with Crippen molar-refractivity contribution in [2.45, 2.75) is 52.2 Å². The smallest absolute Gasteiger partial charge is 0.193 e. The number of aryl methyl sites for hydroxylation is 1. The Hall–Kier alpha value is -1.97. The van der Waals surface area contributed by atoms with Crippen LogP contribution in [0.4, 0.5) is 0 Å². The summed E-state index contributed by atoms with van der Waals surface area (Å²) in [4.78, 5) is 0. The van der Waals surface area contributed by atoms with Crippen LogP contribution < -0.4 is 9.47 Å². The maximum absolute atomic E-state index is 9.03. The van der Waals surface area contributed by atoms with E-state index < -0.39 is 8.32 Å². The summed E-state index contributed by atoms with van der Waals surface area (Å²) >= 11 is 0. The third-order valence-corrected chi connectivity index (χ3v) is 9.35. The molecule has 0 saturated heterocycles. The van der Waals surface area contributed by atoms with Crippen molar-refractivity contribution in [3.05, 3.63) is 22.8 Å². The van der Waals surface area contributed by atoms with E-state index in [2.05, 4.69) is 50.9 Å². The lowest BCUT2D eigenvalue weighted by molar-refractivity contribution is 0.321. The normalized spacial score (nSPS) is 12.0. The van der Waals surface area contributed by atoms with Crippen LogP contribution in [-0.4, -0.2) is 40.6 Å². The zero-order valence-electron chi connectivity index (χ0n) is 17.2. The molecule has 1 rings (SSSR count). The Labute approximate surface area is 158 Å². The monoisotopic (exact) mass is 377 g/mol. The van der Waals surface area contributed by atoms with Crippen LogP contribution in [0.3, 0.4) is 0 Å². The molecule has 0 fully saturated rings. The molecule has 0 amide bonds. The zero-order valence-corrected chi connectivity index (χ0v) is 18.2. The van der Waals surface area contributed by atoms with Gasteiger partial charge < -0.3 is 19.1 Å². The highest BCUT2D eigenvalue weighted by Gasteiger charge is 2.36. The van der Waals surface area contributed by atoms with Crippen molar-refractivity contribution in [1.82, 2.24) is 0 Å². The average Bonchev–Trinajstić information content (AvgIpc) is 2.57. The van der Waals surface area contributed by atoms with Crippen LogP contribution in [0.25, 0.3) is 0 Å². The first-order valence-electron chi connectivity index (χ1n) is 8.71. The first kappa shape index (κ1) is 22.1. The van der Waals surface area contributed by atoms with Crippen molar-refractivity contribution in [1.29, 1.82) is 0 Å². The van der Waals surface area contributed by atoms with Crippen LogP contribution in [0.15, 0.2) is 11.2 Å². The SMILES string of the molecule is CCc1cc(OC)c(/C=N/O)c(C#CCO[Si](C)(C)C(C)(C)C)c1OC. The largest absolute Gasteiger partial charge is 0.496 e. The molecular weight excluding hydrogens is 346 g/mol. The Balaban J connectivity index is 3.31. The van der Waals surface area contributed by atoms with E-state index in [1.807, 2.05) is 13.0 Å². The second kappa shape index (κ2) is 9.11. The number of nitrogens with zero attached hydrogens (tertiary/aromatic N) is 1. The summed E-state index contributed by atoms with van der Waals surface area (Å²) in [6.07, 6.45) is 2.09. The fraction of sp³-hybridized carbons (Fsp3) is 0.550. The number of hydrogen-bond donors (Lipinski definition) is 1. The highest BCUT2D eigenvalue weighted by molar-refractivity contribution is 6.74. The summed E-state index contributed by atoms with van der Waals surface area (Å²) in [5.74, 6) is 7.48. The Bertz CT molecular complexity index is 709. The number of ether oxygens (including phenoxy) is 2. The minimum Gasteiger partial charge on any atom is -0.496 e. The zero-order chi connectivity index (χ0) is 20.0. The average molecular weight is 378 g/mol. The first-order valence-corrected chi connectivity index (χ1v) is 11.6. The highest BCUT2D eigenvalue weighted by atomic mass is 28.4. The molecule has 0 spiro atoms. The molecule has 144 valence electrons. The van der Waals surface area contributed by atoms with Gasteiger partial charge >= 0.3 is 0 Å². The van der Waals surface area contributed by atoms with Crippen LogP contribution in [0, 0.1) is 11.8 Å². The van der Waals surface area contributed by atoms with Crippen molar-refractivity contribution in [3.8, 4) is 23.3 Å². The van der Waals surface area contributed by atoms with E-state index in [-0.39, 0.29) is 5.04 Å². The molecule has 0 aromatic heterocycles. The van der Waals surface area contributed by atoms with Crippen molar-refractivity contribution in [2.24, 2.45) is 5.16 Å². The summed E-state index contributed by atoms with van der Waals surface area (Å²) in [6, 6.07) is 1.88. The fourth-order valence-corrected chi connectivity index (χ4v) is 3.11. The molecule has 1 N–H and O–H groups in total. The molecule has 5 nitrogen and oxygen atoms in total. The second-order valence-corrected chi connectivity index (χ2v) is 12.3. The van der Waals surface area contributed by atoms with Gasteiger partial charge in [-0.3, -0.25) is 0 Å². The molecule has 0 aliphatic carbocycles. The minimum absolute atomic E-state index is 0.131. The Morgan fingerprint density at radius 3 is 2.35 bits per heavy atom. The summed E-state index contributed by atoms with van der Waals surface area (Å²) in [6.45, 7) is 13.4. The molecule has 0 atom stereocenters. The minimum atomic E-state index is -1.85. The van der Waals surface area contributed by atoms with Crippen molar-refractivity contribution in [2.75, 3.05) is 20.8 Å². The van der Waals surface area contributed by atoms with Gasteiger partial charge in [-0.2, -0.15) is 0 Å². The van der Waals surface area contributed by atoms with Crippen molar-refractivity contribution >= 4 is 14.5 Å². The van der Waals surface area contributed by atoms with Gasteiger partial charge in [-0.15, -0.1) is 0 Å². The van der Waals surface area contributed by atoms with Gasteiger partial charge in [0, 0.05) is 0 Å². The number of methoxy groups -OCH3 is 2. The van der Waals surface area contributed by atoms with Crippen LogP contribution in [0.2, 0.25) is 18.1 Å². The number of oxime groups is 1. The van der Waals surface area contributed by atoms with Gasteiger partial charge in [-0.1, -0.05) is 44.7 Å². The fourth-order valence-electron chi connectivity index (χ4n) is 2.24. The predicted molar refractivity (Wildman–Crippen MR) is 108 cm³/mol. The molecule has 6 heteroatoms. The van der Waals surface area contributed by atoms with E-state index in [4.69, 9.17) is 19.1 Å². The number of rotatable bonds is 6. The molecular formula is C20H31NO4Si. The van der Waals surface area contributed by atoms with Gasteiger partial charge in [0.1, 0.15) is 11.5 Å². The molecule has 0 heterocycles. The molecule has 0 aliphatic heterocycles.